The van der Waals surface area contributed by atoms with Gasteiger partial charge in [-0.1, -0.05) is 22.4 Å². The van der Waals surface area contributed by atoms with Gasteiger partial charge < -0.3 is 14.6 Å². The second-order valence-corrected chi connectivity index (χ2v) is 5.56. The van der Waals surface area contributed by atoms with E-state index < -0.39 is 6.10 Å². The zero-order valence-corrected chi connectivity index (χ0v) is 13.1. The smallest absolute Gasteiger partial charge is 0.167 e. The highest BCUT2D eigenvalue weighted by atomic mass is 79.9. The Morgan fingerprint density at radius 3 is 2.68 bits per heavy atom. The van der Waals surface area contributed by atoms with E-state index in [1.807, 2.05) is 19.9 Å². The third-order valence-electron chi connectivity index (χ3n) is 3.42. The summed E-state index contributed by atoms with van der Waals surface area (Å²) in [4.78, 5) is 0. The standard InChI is InChI=1S/C15H21BrO3/c1-3-18-13-9-11(16)10-7-5-6-8-12(17)14(10)15(13)19-4-2/h9,12,17H,3-8H2,1-2H3. The van der Waals surface area contributed by atoms with Gasteiger partial charge in [0.1, 0.15) is 0 Å². The van der Waals surface area contributed by atoms with Gasteiger partial charge in [0.05, 0.1) is 19.3 Å². The first kappa shape index (κ1) is 14.7. The summed E-state index contributed by atoms with van der Waals surface area (Å²) >= 11 is 3.60. The monoisotopic (exact) mass is 328 g/mol. The molecule has 0 aliphatic heterocycles. The van der Waals surface area contributed by atoms with Crippen LogP contribution in [0.4, 0.5) is 0 Å². The number of ether oxygens (including phenoxy) is 2. The maximum atomic E-state index is 10.4. The Bertz CT molecular complexity index is 446. The predicted molar refractivity (Wildman–Crippen MR) is 79.0 cm³/mol. The SMILES string of the molecule is CCOc1cc(Br)c2c(c1OCC)C(O)CCCC2. The van der Waals surface area contributed by atoms with Crippen LogP contribution < -0.4 is 9.47 Å². The van der Waals surface area contributed by atoms with Gasteiger partial charge in [0, 0.05) is 10.0 Å². The normalized spacial score (nSPS) is 18.6. The number of hydrogen-bond acceptors (Lipinski definition) is 3. The first-order valence-electron chi connectivity index (χ1n) is 6.97. The highest BCUT2D eigenvalue weighted by Crippen LogP contribution is 2.45. The van der Waals surface area contributed by atoms with Crippen LogP contribution >= 0.6 is 15.9 Å². The van der Waals surface area contributed by atoms with Crippen LogP contribution in [0.25, 0.3) is 0 Å². The molecule has 0 bridgehead atoms. The average Bonchev–Trinajstić information content (AvgIpc) is 2.57. The molecule has 2 rings (SSSR count). The molecule has 3 nitrogen and oxygen atoms in total. The van der Waals surface area contributed by atoms with Crippen LogP contribution in [-0.2, 0) is 6.42 Å². The van der Waals surface area contributed by atoms with Crippen molar-refractivity contribution in [2.45, 2.75) is 45.6 Å². The van der Waals surface area contributed by atoms with E-state index in [-0.39, 0.29) is 0 Å². The van der Waals surface area contributed by atoms with Crippen LogP contribution in [0.5, 0.6) is 11.5 Å². The number of hydrogen-bond donors (Lipinski definition) is 1. The van der Waals surface area contributed by atoms with Crippen molar-refractivity contribution >= 4 is 15.9 Å². The molecule has 19 heavy (non-hydrogen) atoms. The van der Waals surface area contributed by atoms with E-state index in [0.29, 0.717) is 13.2 Å². The lowest BCUT2D eigenvalue weighted by Gasteiger charge is -2.21. The minimum absolute atomic E-state index is 0.462. The van der Waals surface area contributed by atoms with Crippen molar-refractivity contribution in [3.8, 4) is 11.5 Å². The van der Waals surface area contributed by atoms with Gasteiger partial charge in [0.15, 0.2) is 11.5 Å². The van der Waals surface area contributed by atoms with Crippen LogP contribution in [0.1, 0.15) is 50.3 Å². The van der Waals surface area contributed by atoms with Crippen molar-refractivity contribution in [1.29, 1.82) is 0 Å². The molecule has 1 aromatic rings. The molecular weight excluding hydrogens is 308 g/mol. The topological polar surface area (TPSA) is 38.7 Å². The predicted octanol–water partition coefficient (Wildman–Crippen LogP) is 4.01. The molecule has 1 aliphatic rings. The van der Waals surface area contributed by atoms with Crippen LogP contribution in [0.15, 0.2) is 10.5 Å². The Morgan fingerprint density at radius 1 is 1.26 bits per heavy atom. The molecule has 1 N–H and O–H groups in total. The van der Waals surface area contributed by atoms with Gasteiger partial charge in [-0.2, -0.15) is 0 Å². The number of fused-ring (bicyclic) bond motifs is 1. The number of aliphatic hydroxyl groups is 1. The molecule has 0 fully saturated rings. The fourth-order valence-corrected chi connectivity index (χ4v) is 3.23. The molecule has 4 heteroatoms. The van der Waals surface area contributed by atoms with Gasteiger partial charge >= 0.3 is 0 Å². The maximum absolute atomic E-state index is 10.4. The Labute approximate surface area is 123 Å². The summed E-state index contributed by atoms with van der Waals surface area (Å²) in [5.41, 5.74) is 2.08. The summed E-state index contributed by atoms with van der Waals surface area (Å²) in [6.07, 6.45) is 3.44. The molecule has 0 amide bonds. The molecule has 0 heterocycles. The molecule has 1 aromatic carbocycles. The largest absolute Gasteiger partial charge is 0.490 e. The minimum atomic E-state index is -0.462. The van der Waals surface area contributed by atoms with Crippen LogP contribution in [-0.4, -0.2) is 18.3 Å². The Kier molecular flexibility index (Phi) is 5.11. The van der Waals surface area contributed by atoms with E-state index in [0.717, 1.165) is 52.8 Å². The first-order chi connectivity index (χ1) is 9.19. The molecular formula is C15H21BrO3. The summed E-state index contributed by atoms with van der Waals surface area (Å²) in [5.74, 6) is 1.44. The van der Waals surface area contributed by atoms with Crippen LogP contribution in [0.2, 0.25) is 0 Å². The number of rotatable bonds is 4. The molecule has 0 saturated carbocycles. The lowest BCUT2D eigenvalue weighted by molar-refractivity contribution is 0.159. The van der Waals surface area contributed by atoms with Crippen molar-refractivity contribution in [2.75, 3.05) is 13.2 Å². The Hall–Kier alpha value is -0.740. The van der Waals surface area contributed by atoms with E-state index in [1.54, 1.807) is 0 Å². The highest BCUT2D eigenvalue weighted by molar-refractivity contribution is 9.10. The molecule has 1 atom stereocenters. The van der Waals surface area contributed by atoms with Crippen molar-refractivity contribution in [3.05, 3.63) is 21.7 Å². The minimum Gasteiger partial charge on any atom is -0.490 e. The Morgan fingerprint density at radius 2 is 2.00 bits per heavy atom. The number of aliphatic hydroxyl groups excluding tert-OH is 1. The van der Waals surface area contributed by atoms with Gasteiger partial charge in [0.2, 0.25) is 0 Å². The lowest BCUT2D eigenvalue weighted by Crippen LogP contribution is -2.08. The van der Waals surface area contributed by atoms with E-state index in [1.165, 1.54) is 0 Å². The van der Waals surface area contributed by atoms with Crippen LogP contribution in [0.3, 0.4) is 0 Å². The first-order valence-corrected chi connectivity index (χ1v) is 7.77. The van der Waals surface area contributed by atoms with Gasteiger partial charge in [-0.05, 0) is 44.7 Å². The molecule has 106 valence electrons. The molecule has 0 aromatic heterocycles. The summed E-state index contributed by atoms with van der Waals surface area (Å²) < 4.78 is 12.4. The van der Waals surface area contributed by atoms with E-state index >= 15 is 0 Å². The third-order valence-corrected chi connectivity index (χ3v) is 4.12. The second-order valence-electron chi connectivity index (χ2n) is 4.71. The van der Waals surface area contributed by atoms with Crippen molar-refractivity contribution in [2.24, 2.45) is 0 Å². The Balaban J connectivity index is 2.58. The van der Waals surface area contributed by atoms with Crippen LogP contribution in [0, 0.1) is 0 Å². The summed E-state index contributed by atoms with van der Waals surface area (Å²) in [6, 6.07) is 1.96. The number of halogens is 1. The fourth-order valence-electron chi connectivity index (χ4n) is 2.61. The van der Waals surface area contributed by atoms with E-state index in [9.17, 15) is 5.11 Å². The molecule has 0 radical (unpaired) electrons. The zero-order chi connectivity index (χ0) is 13.8. The van der Waals surface area contributed by atoms with Crippen molar-refractivity contribution < 1.29 is 14.6 Å². The average molecular weight is 329 g/mol. The summed E-state index contributed by atoms with van der Waals surface area (Å²) in [7, 11) is 0. The van der Waals surface area contributed by atoms with Gasteiger partial charge in [-0.3, -0.25) is 0 Å². The highest BCUT2D eigenvalue weighted by Gasteiger charge is 2.26. The molecule has 1 aliphatic carbocycles. The second kappa shape index (κ2) is 6.62. The van der Waals surface area contributed by atoms with Gasteiger partial charge in [0.25, 0.3) is 0 Å². The van der Waals surface area contributed by atoms with Crippen molar-refractivity contribution in [1.82, 2.24) is 0 Å². The van der Waals surface area contributed by atoms with E-state index in [2.05, 4.69) is 15.9 Å². The molecule has 0 spiro atoms. The zero-order valence-electron chi connectivity index (χ0n) is 11.5. The van der Waals surface area contributed by atoms with Gasteiger partial charge in [-0.15, -0.1) is 0 Å². The third kappa shape index (κ3) is 3.06. The quantitative estimate of drug-likeness (QED) is 0.849. The summed E-state index contributed by atoms with van der Waals surface area (Å²) in [5, 5.41) is 10.4. The number of benzene rings is 1. The van der Waals surface area contributed by atoms with Gasteiger partial charge in [-0.25, -0.2) is 0 Å². The molecule has 0 saturated heterocycles. The fraction of sp³-hybridized carbons (Fsp3) is 0.600. The molecule has 1 unspecified atom stereocenters. The summed E-state index contributed by atoms with van der Waals surface area (Å²) in [6.45, 7) is 5.06. The maximum Gasteiger partial charge on any atom is 0.167 e. The van der Waals surface area contributed by atoms with Crippen molar-refractivity contribution in [3.63, 3.8) is 0 Å². The lowest BCUT2D eigenvalue weighted by atomic mass is 9.99. The van der Waals surface area contributed by atoms with E-state index in [4.69, 9.17) is 9.47 Å².